The Labute approximate surface area is 186 Å². The number of imidazole rings is 2. The van der Waals surface area contributed by atoms with Gasteiger partial charge in [0.2, 0.25) is 5.78 Å². The molecule has 0 bridgehead atoms. The summed E-state index contributed by atoms with van der Waals surface area (Å²) in [6.07, 6.45) is 5.85. The van der Waals surface area contributed by atoms with Gasteiger partial charge in [-0.2, -0.15) is 0 Å². The number of hydrogen-bond donors (Lipinski definition) is 0. The lowest BCUT2D eigenvalue weighted by atomic mass is 10.1. The van der Waals surface area contributed by atoms with Crippen molar-refractivity contribution in [2.75, 3.05) is 0 Å². The van der Waals surface area contributed by atoms with Gasteiger partial charge < -0.3 is 4.42 Å². The van der Waals surface area contributed by atoms with Crippen molar-refractivity contribution >= 4 is 66.9 Å². The predicted molar refractivity (Wildman–Crippen MR) is 132 cm³/mol. The number of aromatic nitrogens is 3. The number of furan rings is 1. The van der Waals surface area contributed by atoms with Crippen LogP contribution in [0.5, 0.6) is 0 Å². The zero-order valence-electron chi connectivity index (χ0n) is 16.8. The molecule has 0 spiro atoms. The fourth-order valence-electron chi connectivity index (χ4n) is 4.40. The standard InChI is InChI=1S/C26H18BrN3O/c1-3-8-17-18-15-16(13-14-24(18)31-23(17)4-2)29-20-10-5-6-11-21(20)30-22-12-7-9-19(27)25(22)28-26(29)30/h3-15H,2H2,1H3/b8-3-. The first kappa shape index (κ1) is 18.2. The van der Waals surface area contributed by atoms with Gasteiger partial charge in [-0.15, -0.1) is 0 Å². The Balaban J connectivity index is 1.75. The Morgan fingerprint density at radius 1 is 1.00 bits per heavy atom. The van der Waals surface area contributed by atoms with Crippen molar-refractivity contribution in [3.63, 3.8) is 0 Å². The molecule has 5 heteroatoms. The third-order valence-corrected chi connectivity index (χ3v) is 6.34. The molecule has 0 aliphatic carbocycles. The van der Waals surface area contributed by atoms with E-state index < -0.39 is 0 Å². The van der Waals surface area contributed by atoms with Crippen LogP contribution in [-0.2, 0) is 0 Å². The first-order chi connectivity index (χ1) is 15.2. The minimum absolute atomic E-state index is 0.781. The number of rotatable bonds is 3. The maximum Gasteiger partial charge on any atom is 0.220 e. The van der Waals surface area contributed by atoms with E-state index in [-0.39, 0.29) is 0 Å². The SMILES string of the molecule is C=Cc1oc2ccc(-n3c4ccccc4n4c5cccc(Br)c5nc34)cc2c1/C=C\C. The van der Waals surface area contributed by atoms with Crippen LogP contribution in [-0.4, -0.2) is 14.0 Å². The van der Waals surface area contributed by atoms with Crippen molar-refractivity contribution in [1.29, 1.82) is 0 Å². The van der Waals surface area contributed by atoms with Crippen LogP contribution in [0, 0.1) is 0 Å². The highest BCUT2D eigenvalue weighted by molar-refractivity contribution is 9.10. The van der Waals surface area contributed by atoms with Crippen LogP contribution < -0.4 is 0 Å². The molecule has 4 nitrogen and oxygen atoms in total. The normalized spacial score (nSPS) is 12.2. The Bertz CT molecular complexity index is 1680. The van der Waals surface area contributed by atoms with Crippen molar-refractivity contribution in [3.05, 3.63) is 89.1 Å². The third-order valence-electron chi connectivity index (χ3n) is 5.70. The maximum absolute atomic E-state index is 6.01. The number of halogens is 1. The molecular formula is C26H18BrN3O. The summed E-state index contributed by atoms with van der Waals surface area (Å²) >= 11 is 3.66. The number of benzene rings is 3. The van der Waals surface area contributed by atoms with Gasteiger partial charge in [-0.1, -0.05) is 36.9 Å². The van der Waals surface area contributed by atoms with Crippen molar-refractivity contribution in [2.24, 2.45) is 0 Å². The molecule has 0 N–H and O–H groups in total. The Morgan fingerprint density at radius 2 is 1.81 bits per heavy atom. The monoisotopic (exact) mass is 467 g/mol. The largest absolute Gasteiger partial charge is 0.456 e. The van der Waals surface area contributed by atoms with Crippen LogP contribution in [0.3, 0.4) is 0 Å². The topological polar surface area (TPSA) is 35.4 Å². The second-order valence-electron chi connectivity index (χ2n) is 7.44. The van der Waals surface area contributed by atoms with Gasteiger partial charge in [0.15, 0.2) is 0 Å². The lowest BCUT2D eigenvalue weighted by Gasteiger charge is -2.05. The zero-order valence-corrected chi connectivity index (χ0v) is 18.4. The zero-order chi connectivity index (χ0) is 21.1. The smallest absolute Gasteiger partial charge is 0.220 e. The van der Waals surface area contributed by atoms with E-state index in [1.165, 1.54) is 0 Å². The fraction of sp³-hybridized carbons (Fsp3) is 0.0385. The molecule has 0 saturated heterocycles. The highest BCUT2D eigenvalue weighted by Gasteiger charge is 2.19. The van der Waals surface area contributed by atoms with Gasteiger partial charge in [-0.05, 0) is 71.4 Å². The van der Waals surface area contributed by atoms with Gasteiger partial charge in [-0.25, -0.2) is 4.98 Å². The van der Waals surface area contributed by atoms with Crippen LogP contribution >= 0.6 is 15.9 Å². The van der Waals surface area contributed by atoms with E-state index in [9.17, 15) is 0 Å². The highest BCUT2D eigenvalue weighted by Crippen LogP contribution is 2.34. The number of hydrogen-bond acceptors (Lipinski definition) is 2. The second kappa shape index (κ2) is 6.72. The number of allylic oxidation sites excluding steroid dienone is 1. The van der Waals surface area contributed by atoms with Crippen molar-refractivity contribution in [2.45, 2.75) is 6.92 Å². The predicted octanol–water partition coefficient (Wildman–Crippen LogP) is 7.62. The fourth-order valence-corrected chi connectivity index (χ4v) is 4.84. The summed E-state index contributed by atoms with van der Waals surface area (Å²) in [7, 11) is 0. The molecule has 3 heterocycles. The Kier molecular flexibility index (Phi) is 3.95. The summed E-state index contributed by atoms with van der Waals surface area (Å²) in [5, 5.41) is 1.05. The molecule has 0 unspecified atom stereocenters. The van der Waals surface area contributed by atoms with Crippen molar-refractivity contribution in [3.8, 4) is 5.69 Å². The number of fused-ring (bicyclic) bond motifs is 6. The van der Waals surface area contributed by atoms with E-state index in [0.29, 0.717) is 0 Å². The summed E-state index contributed by atoms with van der Waals surface area (Å²) in [6.45, 7) is 5.91. The second-order valence-corrected chi connectivity index (χ2v) is 8.30. The van der Waals surface area contributed by atoms with Crippen molar-refractivity contribution in [1.82, 2.24) is 14.0 Å². The Hall–Kier alpha value is -3.57. The summed E-state index contributed by atoms with van der Waals surface area (Å²) in [5.74, 6) is 1.66. The van der Waals surface area contributed by atoms with Crippen LogP contribution in [0.25, 0.3) is 56.7 Å². The summed E-state index contributed by atoms with van der Waals surface area (Å²) in [6, 6.07) is 20.9. The minimum Gasteiger partial charge on any atom is -0.456 e. The van der Waals surface area contributed by atoms with Crippen LogP contribution in [0.2, 0.25) is 0 Å². The molecule has 31 heavy (non-hydrogen) atoms. The molecule has 0 fully saturated rings. The van der Waals surface area contributed by atoms with Crippen LogP contribution in [0.1, 0.15) is 18.2 Å². The first-order valence-corrected chi connectivity index (χ1v) is 10.9. The van der Waals surface area contributed by atoms with Gasteiger partial charge in [0.1, 0.15) is 16.9 Å². The van der Waals surface area contributed by atoms with Crippen molar-refractivity contribution < 1.29 is 4.42 Å². The first-order valence-electron chi connectivity index (χ1n) is 10.1. The molecule has 0 saturated carbocycles. The molecule has 0 aliphatic heterocycles. The minimum atomic E-state index is 0.781. The van der Waals surface area contributed by atoms with Gasteiger partial charge in [-0.3, -0.25) is 8.97 Å². The quantitative estimate of drug-likeness (QED) is 0.268. The number of nitrogens with zero attached hydrogens (tertiary/aromatic N) is 3. The summed E-state index contributed by atoms with van der Waals surface area (Å²) < 4.78 is 11.4. The third kappa shape index (κ3) is 2.50. The molecule has 150 valence electrons. The summed E-state index contributed by atoms with van der Waals surface area (Å²) in [5.41, 5.74) is 7.16. The van der Waals surface area contributed by atoms with Gasteiger partial charge >= 0.3 is 0 Å². The molecule has 0 amide bonds. The van der Waals surface area contributed by atoms with E-state index >= 15 is 0 Å². The molecular weight excluding hydrogens is 450 g/mol. The van der Waals surface area contributed by atoms with E-state index in [1.54, 1.807) is 6.08 Å². The van der Waals surface area contributed by atoms with E-state index in [0.717, 1.165) is 60.3 Å². The number of para-hydroxylation sites is 3. The van der Waals surface area contributed by atoms with E-state index in [1.807, 2.05) is 31.2 Å². The van der Waals surface area contributed by atoms with Gasteiger partial charge in [0, 0.05) is 15.4 Å². The molecule has 3 aromatic heterocycles. The molecule has 6 aromatic rings. The van der Waals surface area contributed by atoms with E-state index in [4.69, 9.17) is 9.40 Å². The molecule has 3 aromatic carbocycles. The average Bonchev–Trinajstić information content (AvgIpc) is 3.43. The van der Waals surface area contributed by atoms with Crippen LogP contribution in [0.15, 0.2) is 82.2 Å². The molecule has 6 rings (SSSR count). The van der Waals surface area contributed by atoms with E-state index in [2.05, 4.69) is 80.0 Å². The van der Waals surface area contributed by atoms with Gasteiger partial charge in [0.25, 0.3) is 0 Å². The molecule has 0 radical (unpaired) electrons. The summed E-state index contributed by atoms with van der Waals surface area (Å²) in [4.78, 5) is 5.01. The molecule has 0 atom stereocenters. The van der Waals surface area contributed by atoms with Crippen LogP contribution in [0.4, 0.5) is 0 Å². The highest BCUT2D eigenvalue weighted by atomic mass is 79.9. The average molecular weight is 468 g/mol. The maximum atomic E-state index is 6.01. The Morgan fingerprint density at radius 3 is 2.61 bits per heavy atom. The lowest BCUT2D eigenvalue weighted by Crippen LogP contribution is -1.95. The molecule has 0 aliphatic rings. The van der Waals surface area contributed by atoms with Gasteiger partial charge in [0.05, 0.1) is 22.2 Å². The lowest BCUT2D eigenvalue weighted by molar-refractivity contribution is 0.603.